The molecule has 0 aliphatic carbocycles. The van der Waals surface area contributed by atoms with Crippen molar-refractivity contribution in [3.05, 3.63) is 54.1 Å². The molecule has 0 bridgehead atoms. The first-order chi connectivity index (χ1) is 8.99. The van der Waals surface area contributed by atoms with Gasteiger partial charge in [-0.25, -0.2) is 8.42 Å². The van der Waals surface area contributed by atoms with Crippen LogP contribution in [0.4, 0.5) is 11.4 Å². The maximum Gasteiger partial charge on any atom is 0.175 e. The molecule has 0 saturated heterocycles. The Morgan fingerprint density at radius 2 is 1.74 bits per heavy atom. The number of hydrogen-bond acceptors (Lipinski definition) is 4. The molecule has 4 nitrogen and oxygen atoms in total. The van der Waals surface area contributed by atoms with E-state index in [-0.39, 0.29) is 4.90 Å². The Kier molecular flexibility index (Phi) is 3.54. The fourth-order valence-corrected chi connectivity index (χ4v) is 2.25. The molecule has 0 fully saturated rings. The second-order valence-corrected chi connectivity index (χ2v) is 6.13. The van der Waals surface area contributed by atoms with Gasteiger partial charge in [-0.1, -0.05) is 6.07 Å². The van der Waals surface area contributed by atoms with Gasteiger partial charge in [0.2, 0.25) is 0 Å². The zero-order chi connectivity index (χ0) is 13.9. The number of sulfone groups is 1. The van der Waals surface area contributed by atoms with E-state index in [0.29, 0.717) is 5.56 Å². The van der Waals surface area contributed by atoms with Crippen molar-refractivity contribution in [3.63, 3.8) is 0 Å². The monoisotopic (exact) mass is 272 g/mol. The largest absolute Gasteiger partial charge is 0.355 e. The number of anilines is 2. The molecule has 96 valence electrons. The first kappa shape index (κ1) is 13.1. The quantitative estimate of drug-likeness (QED) is 0.932. The van der Waals surface area contributed by atoms with Gasteiger partial charge in [0, 0.05) is 17.6 Å². The lowest BCUT2D eigenvalue weighted by molar-refractivity contribution is 0.602. The average Bonchev–Trinajstić information content (AvgIpc) is 2.38. The minimum atomic E-state index is -3.17. The molecule has 0 aromatic heterocycles. The van der Waals surface area contributed by atoms with Crippen molar-refractivity contribution in [1.29, 1.82) is 5.26 Å². The fraction of sp³-hybridized carbons (Fsp3) is 0.0714. The molecule has 2 rings (SSSR count). The van der Waals surface area contributed by atoms with E-state index in [1.54, 1.807) is 42.5 Å². The number of hydrogen-bond donors (Lipinski definition) is 1. The highest BCUT2D eigenvalue weighted by atomic mass is 32.2. The van der Waals surface area contributed by atoms with Gasteiger partial charge in [0.15, 0.2) is 9.84 Å². The SMILES string of the molecule is CS(=O)(=O)c1ccc(Nc2cccc(C#N)c2)cc1. The van der Waals surface area contributed by atoms with Crippen molar-refractivity contribution in [3.8, 4) is 6.07 Å². The highest BCUT2D eigenvalue weighted by Crippen LogP contribution is 2.19. The van der Waals surface area contributed by atoms with E-state index in [4.69, 9.17) is 5.26 Å². The molecule has 0 saturated carbocycles. The molecule has 0 heterocycles. The maximum atomic E-state index is 11.3. The fourth-order valence-electron chi connectivity index (χ4n) is 1.62. The minimum absolute atomic E-state index is 0.281. The topological polar surface area (TPSA) is 70.0 Å². The van der Waals surface area contributed by atoms with Gasteiger partial charge in [-0.3, -0.25) is 0 Å². The molecule has 0 atom stereocenters. The third-order valence-electron chi connectivity index (χ3n) is 2.56. The highest BCUT2D eigenvalue weighted by molar-refractivity contribution is 7.90. The van der Waals surface area contributed by atoms with Crippen molar-refractivity contribution < 1.29 is 8.42 Å². The second kappa shape index (κ2) is 5.12. The summed E-state index contributed by atoms with van der Waals surface area (Å²) in [5.41, 5.74) is 2.12. The van der Waals surface area contributed by atoms with Gasteiger partial charge in [0.05, 0.1) is 16.5 Å². The number of nitrogens with one attached hydrogen (secondary N) is 1. The maximum absolute atomic E-state index is 11.3. The molecule has 19 heavy (non-hydrogen) atoms. The molecule has 0 amide bonds. The van der Waals surface area contributed by atoms with Gasteiger partial charge >= 0.3 is 0 Å². The van der Waals surface area contributed by atoms with E-state index < -0.39 is 9.84 Å². The Hall–Kier alpha value is -2.32. The summed E-state index contributed by atoms with van der Waals surface area (Å²) in [6.45, 7) is 0. The number of benzene rings is 2. The van der Waals surface area contributed by atoms with Crippen LogP contribution in [0.25, 0.3) is 0 Å². The van der Waals surface area contributed by atoms with E-state index in [9.17, 15) is 8.42 Å². The molecule has 0 aliphatic heterocycles. The molecule has 2 aromatic rings. The minimum Gasteiger partial charge on any atom is -0.355 e. The van der Waals surface area contributed by atoms with Crippen molar-refractivity contribution in [2.45, 2.75) is 4.90 Å². The molecule has 5 heteroatoms. The van der Waals surface area contributed by atoms with Gasteiger partial charge in [0.25, 0.3) is 0 Å². The third kappa shape index (κ3) is 3.33. The van der Waals surface area contributed by atoms with E-state index in [1.165, 1.54) is 6.26 Å². The molecular weight excluding hydrogens is 260 g/mol. The summed E-state index contributed by atoms with van der Waals surface area (Å²) in [5, 5.41) is 11.9. The zero-order valence-electron chi connectivity index (χ0n) is 10.3. The van der Waals surface area contributed by atoms with Gasteiger partial charge in [0.1, 0.15) is 0 Å². The Bertz CT molecular complexity index is 729. The first-order valence-electron chi connectivity index (χ1n) is 5.56. The summed E-state index contributed by atoms with van der Waals surface area (Å²) >= 11 is 0. The van der Waals surface area contributed by atoms with Crippen molar-refractivity contribution in [2.75, 3.05) is 11.6 Å². The van der Waals surface area contributed by atoms with Crippen LogP contribution in [0.2, 0.25) is 0 Å². The Morgan fingerprint density at radius 1 is 1.05 bits per heavy atom. The van der Waals surface area contributed by atoms with E-state index in [1.807, 2.05) is 6.07 Å². The Labute approximate surface area is 112 Å². The number of rotatable bonds is 3. The summed E-state index contributed by atoms with van der Waals surface area (Å²) in [6.07, 6.45) is 1.17. The summed E-state index contributed by atoms with van der Waals surface area (Å²) in [5.74, 6) is 0. The third-order valence-corrected chi connectivity index (χ3v) is 3.69. The van der Waals surface area contributed by atoms with Gasteiger partial charge in [-0.15, -0.1) is 0 Å². The summed E-state index contributed by atoms with van der Waals surface area (Å²) in [6, 6.07) is 15.6. The zero-order valence-corrected chi connectivity index (χ0v) is 11.1. The van der Waals surface area contributed by atoms with Crippen LogP contribution in [0.3, 0.4) is 0 Å². The van der Waals surface area contributed by atoms with Crippen LogP contribution in [0.1, 0.15) is 5.56 Å². The average molecular weight is 272 g/mol. The lowest BCUT2D eigenvalue weighted by Crippen LogP contribution is -1.97. The molecular formula is C14H12N2O2S. The van der Waals surface area contributed by atoms with E-state index in [0.717, 1.165) is 11.4 Å². The number of nitrogens with zero attached hydrogens (tertiary/aromatic N) is 1. The second-order valence-electron chi connectivity index (χ2n) is 4.11. The lowest BCUT2D eigenvalue weighted by atomic mass is 10.2. The molecule has 0 spiro atoms. The molecule has 2 aromatic carbocycles. The van der Waals surface area contributed by atoms with Crippen molar-refractivity contribution in [2.24, 2.45) is 0 Å². The summed E-state index contributed by atoms with van der Waals surface area (Å²) < 4.78 is 22.7. The Balaban J connectivity index is 2.22. The van der Waals surface area contributed by atoms with Crippen LogP contribution in [0, 0.1) is 11.3 Å². The standard InChI is InChI=1S/C14H12N2O2S/c1-19(17,18)14-7-5-12(6-8-14)16-13-4-2-3-11(9-13)10-15/h2-9,16H,1H3. The smallest absolute Gasteiger partial charge is 0.175 e. The molecule has 1 N–H and O–H groups in total. The van der Waals surface area contributed by atoms with Gasteiger partial charge < -0.3 is 5.32 Å². The van der Waals surface area contributed by atoms with Crippen LogP contribution in [0.15, 0.2) is 53.4 Å². The van der Waals surface area contributed by atoms with Gasteiger partial charge in [-0.2, -0.15) is 5.26 Å². The molecule has 0 aliphatic rings. The predicted octanol–water partition coefficient (Wildman–Crippen LogP) is 2.71. The Morgan fingerprint density at radius 3 is 2.32 bits per heavy atom. The normalized spacial score (nSPS) is 10.7. The van der Waals surface area contributed by atoms with E-state index in [2.05, 4.69) is 11.4 Å². The first-order valence-corrected chi connectivity index (χ1v) is 7.45. The summed E-state index contributed by atoms with van der Waals surface area (Å²) in [4.78, 5) is 0.281. The molecule has 0 unspecified atom stereocenters. The van der Waals surface area contributed by atoms with Crippen LogP contribution < -0.4 is 5.32 Å². The lowest BCUT2D eigenvalue weighted by Gasteiger charge is -2.07. The van der Waals surface area contributed by atoms with Gasteiger partial charge in [-0.05, 0) is 42.5 Å². The van der Waals surface area contributed by atoms with Crippen molar-refractivity contribution in [1.82, 2.24) is 0 Å². The summed E-state index contributed by atoms with van der Waals surface area (Å²) in [7, 11) is -3.17. The van der Waals surface area contributed by atoms with Crippen LogP contribution in [0.5, 0.6) is 0 Å². The number of nitriles is 1. The van der Waals surface area contributed by atoms with Crippen LogP contribution in [-0.4, -0.2) is 14.7 Å². The van der Waals surface area contributed by atoms with Crippen molar-refractivity contribution >= 4 is 21.2 Å². The van der Waals surface area contributed by atoms with Crippen LogP contribution >= 0.6 is 0 Å². The predicted molar refractivity (Wildman–Crippen MR) is 74.0 cm³/mol. The van der Waals surface area contributed by atoms with E-state index >= 15 is 0 Å². The highest BCUT2D eigenvalue weighted by Gasteiger charge is 2.06. The van der Waals surface area contributed by atoms with Crippen LogP contribution in [-0.2, 0) is 9.84 Å². The molecule has 0 radical (unpaired) electrons.